The lowest BCUT2D eigenvalue weighted by atomic mass is 10.1. The lowest BCUT2D eigenvalue weighted by Crippen LogP contribution is -2.45. The molecular weight excluding hydrogens is 424 g/mol. The van der Waals surface area contributed by atoms with E-state index >= 15 is 0 Å². The van der Waals surface area contributed by atoms with Gasteiger partial charge in [-0.15, -0.1) is 0 Å². The highest BCUT2D eigenvalue weighted by molar-refractivity contribution is 9.10. The van der Waals surface area contributed by atoms with Gasteiger partial charge in [0.15, 0.2) is 13.2 Å². The number of carbonyl (C=O) groups is 2. The van der Waals surface area contributed by atoms with Gasteiger partial charge in [0.25, 0.3) is 11.8 Å². The summed E-state index contributed by atoms with van der Waals surface area (Å²) < 4.78 is 11.7. The summed E-state index contributed by atoms with van der Waals surface area (Å²) in [6.07, 6.45) is 0. The molecule has 0 aliphatic heterocycles. The van der Waals surface area contributed by atoms with Crippen molar-refractivity contribution in [2.75, 3.05) is 13.2 Å². The van der Waals surface area contributed by atoms with Crippen LogP contribution in [0.1, 0.15) is 5.56 Å². The summed E-state index contributed by atoms with van der Waals surface area (Å²) in [6, 6.07) is 18.9. The Morgan fingerprint density at radius 1 is 0.893 bits per heavy atom. The van der Waals surface area contributed by atoms with Gasteiger partial charge in [-0.1, -0.05) is 42.5 Å². The van der Waals surface area contributed by atoms with Crippen LogP contribution in [0.15, 0.2) is 65.1 Å². The standard InChI is InChI=1S/C21H19BrN2O4/c1-14-5-4-7-16(11-14)27-12-19(25)23-24-20(26)13-28-18-10-9-15-6-2-3-8-17(15)21(18)22/h2-11H,12-13H2,1H3,(H,23,25)(H,24,26). The van der Waals surface area contributed by atoms with Gasteiger partial charge >= 0.3 is 0 Å². The zero-order valence-corrected chi connectivity index (χ0v) is 16.8. The van der Waals surface area contributed by atoms with Crippen LogP contribution in [-0.4, -0.2) is 25.0 Å². The molecular formula is C21H19BrN2O4. The number of amides is 2. The van der Waals surface area contributed by atoms with Crippen LogP contribution in [0.2, 0.25) is 0 Å². The molecule has 0 aliphatic rings. The minimum Gasteiger partial charge on any atom is -0.484 e. The molecule has 144 valence electrons. The van der Waals surface area contributed by atoms with Gasteiger partial charge in [-0.2, -0.15) is 0 Å². The Hall–Kier alpha value is -3.06. The first-order valence-corrected chi connectivity index (χ1v) is 9.39. The maximum Gasteiger partial charge on any atom is 0.276 e. The third-order valence-electron chi connectivity index (χ3n) is 3.89. The lowest BCUT2D eigenvalue weighted by molar-refractivity contribution is -0.131. The SMILES string of the molecule is Cc1cccc(OCC(=O)NNC(=O)COc2ccc3ccccc3c2Br)c1. The second-order valence-corrected chi connectivity index (χ2v) is 6.88. The second-order valence-electron chi connectivity index (χ2n) is 6.09. The summed E-state index contributed by atoms with van der Waals surface area (Å²) in [4.78, 5) is 23.7. The maximum absolute atomic E-state index is 11.9. The highest BCUT2D eigenvalue weighted by atomic mass is 79.9. The maximum atomic E-state index is 11.9. The third kappa shape index (κ3) is 5.23. The van der Waals surface area contributed by atoms with Crippen molar-refractivity contribution in [1.82, 2.24) is 10.9 Å². The van der Waals surface area contributed by atoms with E-state index in [0.29, 0.717) is 11.5 Å². The van der Waals surface area contributed by atoms with Crippen LogP contribution in [0.5, 0.6) is 11.5 Å². The van der Waals surface area contributed by atoms with Crippen LogP contribution >= 0.6 is 15.9 Å². The average Bonchev–Trinajstić information content (AvgIpc) is 2.70. The van der Waals surface area contributed by atoms with Crippen molar-refractivity contribution in [3.8, 4) is 11.5 Å². The lowest BCUT2D eigenvalue weighted by Gasteiger charge is -2.11. The number of hydrazine groups is 1. The van der Waals surface area contributed by atoms with Crippen molar-refractivity contribution in [3.63, 3.8) is 0 Å². The molecule has 7 heteroatoms. The van der Waals surface area contributed by atoms with Gasteiger partial charge < -0.3 is 9.47 Å². The molecule has 0 saturated carbocycles. The Morgan fingerprint density at radius 3 is 2.36 bits per heavy atom. The molecule has 0 unspecified atom stereocenters. The van der Waals surface area contributed by atoms with E-state index < -0.39 is 11.8 Å². The van der Waals surface area contributed by atoms with Gasteiger partial charge in [-0.3, -0.25) is 20.4 Å². The molecule has 0 aliphatic carbocycles. The summed E-state index contributed by atoms with van der Waals surface area (Å²) in [7, 11) is 0. The van der Waals surface area contributed by atoms with Crippen LogP contribution in [-0.2, 0) is 9.59 Å². The molecule has 6 nitrogen and oxygen atoms in total. The van der Waals surface area contributed by atoms with E-state index in [1.807, 2.05) is 55.5 Å². The van der Waals surface area contributed by atoms with Gasteiger partial charge in [-0.05, 0) is 57.4 Å². The Balaban J connectivity index is 1.44. The van der Waals surface area contributed by atoms with Gasteiger partial charge in [0, 0.05) is 0 Å². The largest absolute Gasteiger partial charge is 0.484 e. The highest BCUT2D eigenvalue weighted by Crippen LogP contribution is 2.32. The molecule has 0 spiro atoms. The van der Waals surface area contributed by atoms with Crippen molar-refractivity contribution in [2.24, 2.45) is 0 Å². The number of rotatable bonds is 6. The molecule has 3 rings (SSSR count). The zero-order valence-electron chi connectivity index (χ0n) is 15.2. The quantitative estimate of drug-likeness (QED) is 0.572. The fourth-order valence-corrected chi connectivity index (χ4v) is 3.14. The summed E-state index contributed by atoms with van der Waals surface area (Å²) in [6.45, 7) is 1.48. The highest BCUT2D eigenvalue weighted by Gasteiger charge is 2.10. The predicted molar refractivity (Wildman–Crippen MR) is 110 cm³/mol. The number of benzene rings is 3. The Labute approximate surface area is 170 Å². The van der Waals surface area contributed by atoms with Crippen LogP contribution in [0, 0.1) is 6.92 Å². The molecule has 0 bridgehead atoms. The number of fused-ring (bicyclic) bond motifs is 1. The van der Waals surface area contributed by atoms with E-state index in [2.05, 4.69) is 26.8 Å². The van der Waals surface area contributed by atoms with Gasteiger partial charge in [0.05, 0.1) is 4.47 Å². The van der Waals surface area contributed by atoms with Crippen molar-refractivity contribution in [1.29, 1.82) is 0 Å². The van der Waals surface area contributed by atoms with Gasteiger partial charge in [-0.25, -0.2) is 0 Å². The normalized spacial score (nSPS) is 10.4. The molecule has 0 atom stereocenters. The number of halogens is 1. The molecule has 3 aromatic rings. The van der Waals surface area contributed by atoms with Gasteiger partial charge in [0.2, 0.25) is 0 Å². The average molecular weight is 443 g/mol. The minimum atomic E-state index is -0.482. The van der Waals surface area contributed by atoms with Crippen LogP contribution in [0.3, 0.4) is 0 Å². The summed E-state index contributed by atoms with van der Waals surface area (Å²) in [5.74, 6) is 0.180. The topological polar surface area (TPSA) is 76.7 Å². The number of hydrogen-bond donors (Lipinski definition) is 2. The molecule has 2 N–H and O–H groups in total. The van der Waals surface area contributed by atoms with Crippen molar-refractivity contribution in [3.05, 3.63) is 70.7 Å². The molecule has 28 heavy (non-hydrogen) atoms. The molecule has 0 saturated heterocycles. The number of nitrogens with one attached hydrogen (secondary N) is 2. The Bertz CT molecular complexity index is 1010. The van der Waals surface area contributed by atoms with Crippen molar-refractivity contribution < 1.29 is 19.1 Å². The molecule has 0 fully saturated rings. The third-order valence-corrected chi connectivity index (χ3v) is 4.71. The van der Waals surface area contributed by atoms with Gasteiger partial charge in [0.1, 0.15) is 11.5 Å². The number of ether oxygens (including phenoxy) is 2. The first-order chi connectivity index (χ1) is 13.5. The van der Waals surface area contributed by atoms with Crippen molar-refractivity contribution in [2.45, 2.75) is 6.92 Å². The minimum absolute atomic E-state index is 0.208. The molecule has 3 aromatic carbocycles. The van der Waals surface area contributed by atoms with E-state index in [9.17, 15) is 9.59 Å². The van der Waals surface area contributed by atoms with E-state index in [4.69, 9.17) is 9.47 Å². The first-order valence-electron chi connectivity index (χ1n) is 8.60. The number of carbonyl (C=O) groups excluding carboxylic acids is 2. The second kappa shape index (κ2) is 9.23. The molecule has 0 aromatic heterocycles. The molecule has 0 radical (unpaired) electrons. The van der Waals surface area contributed by atoms with Crippen LogP contribution in [0.4, 0.5) is 0 Å². The zero-order chi connectivity index (χ0) is 19.9. The van der Waals surface area contributed by atoms with Crippen molar-refractivity contribution >= 4 is 38.5 Å². The molecule has 2 amide bonds. The van der Waals surface area contributed by atoms with E-state index in [0.717, 1.165) is 20.8 Å². The van der Waals surface area contributed by atoms with Crippen LogP contribution in [0.25, 0.3) is 10.8 Å². The fraction of sp³-hybridized carbons (Fsp3) is 0.143. The number of aryl methyl sites for hydroxylation is 1. The summed E-state index contributed by atoms with van der Waals surface area (Å²) in [5.41, 5.74) is 5.62. The van der Waals surface area contributed by atoms with E-state index in [1.165, 1.54) is 0 Å². The van der Waals surface area contributed by atoms with E-state index in [-0.39, 0.29) is 13.2 Å². The monoisotopic (exact) mass is 442 g/mol. The summed E-state index contributed by atoms with van der Waals surface area (Å²) in [5, 5.41) is 2.05. The Kier molecular flexibility index (Phi) is 6.49. The smallest absolute Gasteiger partial charge is 0.276 e. The predicted octanol–water partition coefficient (Wildman–Crippen LogP) is 3.52. The van der Waals surface area contributed by atoms with E-state index in [1.54, 1.807) is 12.1 Å². The Morgan fingerprint density at radius 2 is 1.61 bits per heavy atom. The summed E-state index contributed by atoms with van der Waals surface area (Å²) >= 11 is 3.50. The van der Waals surface area contributed by atoms with Crippen LogP contribution < -0.4 is 20.3 Å². The number of hydrogen-bond acceptors (Lipinski definition) is 4. The first kappa shape index (κ1) is 19.7. The fourth-order valence-electron chi connectivity index (χ4n) is 2.53. The molecule has 0 heterocycles.